The predicted molar refractivity (Wildman–Crippen MR) is 90.0 cm³/mol. The van der Waals surface area contributed by atoms with Gasteiger partial charge in [0, 0.05) is 19.5 Å². The van der Waals surface area contributed by atoms with Crippen molar-refractivity contribution in [3.05, 3.63) is 35.4 Å². The second kappa shape index (κ2) is 6.73. The molecule has 2 unspecified atom stereocenters. The molecule has 0 aliphatic carbocycles. The normalized spacial score (nSPS) is 23.5. The van der Waals surface area contributed by atoms with Crippen LogP contribution in [0.3, 0.4) is 0 Å². The molecule has 0 radical (unpaired) electrons. The molecule has 2 heterocycles. The van der Waals surface area contributed by atoms with Gasteiger partial charge in [0.15, 0.2) is 0 Å². The van der Waals surface area contributed by atoms with Gasteiger partial charge in [-0.2, -0.15) is 0 Å². The third-order valence-electron chi connectivity index (χ3n) is 5.12. The van der Waals surface area contributed by atoms with Crippen molar-refractivity contribution in [1.29, 1.82) is 0 Å². The molecular formula is C19H26N2O2. The van der Waals surface area contributed by atoms with E-state index in [1.165, 1.54) is 11.1 Å². The summed E-state index contributed by atoms with van der Waals surface area (Å²) in [5, 5.41) is 0. The topological polar surface area (TPSA) is 40.6 Å². The second-order valence-corrected chi connectivity index (χ2v) is 6.82. The standard InChI is InChI=1S/C19H26N2O2/c1-3-4-5-10-18(22)20-12-17-16-9-7-6-8-15(16)14(2)11-21(17)19(23)13-20/h6-9,14,17H,3-5,10-13H2,1-2H3. The molecule has 0 bridgehead atoms. The first-order chi connectivity index (χ1) is 11.1. The van der Waals surface area contributed by atoms with E-state index in [1.54, 1.807) is 4.90 Å². The fourth-order valence-electron chi connectivity index (χ4n) is 3.83. The third-order valence-corrected chi connectivity index (χ3v) is 5.12. The summed E-state index contributed by atoms with van der Waals surface area (Å²) in [6.45, 7) is 5.95. The summed E-state index contributed by atoms with van der Waals surface area (Å²) in [5.41, 5.74) is 2.53. The lowest BCUT2D eigenvalue weighted by molar-refractivity contribution is -0.149. The Morgan fingerprint density at radius 3 is 2.65 bits per heavy atom. The summed E-state index contributed by atoms with van der Waals surface area (Å²) in [6.07, 6.45) is 3.66. The van der Waals surface area contributed by atoms with Crippen LogP contribution in [0.15, 0.2) is 24.3 Å². The van der Waals surface area contributed by atoms with Crippen LogP contribution < -0.4 is 0 Å². The van der Waals surface area contributed by atoms with Gasteiger partial charge >= 0.3 is 0 Å². The van der Waals surface area contributed by atoms with Crippen molar-refractivity contribution in [2.45, 2.75) is 51.5 Å². The molecular weight excluding hydrogens is 288 g/mol. The Kier molecular flexibility index (Phi) is 4.69. The van der Waals surface area contributed by atoms with Gasteiger partial charge in [0.2, 0.25) is 11.8 Å². The van der Waals surface area contributed by atoms with E-state index >= 15 is 0 Å². The largest absolute Gasteiger partial charge is 0.332 e. The highest BCUT2D eigenvalue weighted by atomic mass is 16.2. The molecule has 0 spiro atoms. The number of piperazine rings is 1. The molecule has 1 saturated heterocycles. The Hall–Kier alpha value is -1.84. The van der Waals surface area contributed by atoms with Crippen LogP contribution in [0.4, 0.5) is 0 Å². The highest BCUT2D eigenvalue weighted by molar-refractivity contribution is 5.86. The fraction of sp³-hybridized carbons (Fsp3) is 0.579. The molecule has 2 aliphatic rings. The van der Waals surface area contributed by atoms with Gasteiger partial charge in [-0.05, 0) is 23.5 Å². The number of amides is 2. The third kappa shape index (κ3) is 3.12. The highest BCUT2D eigenvalue weighted by Crippen LogP contribution is 2.38. The maximum Gasteiger partial charge on any atom is 0.242 e. The Labute approximate surface area is 138 Å². The second-order valence-electron chi connectivity index (χ2n) is 6.82. The van der Waals surface area contributed by atoms with E-state index in [9.17, 15) is 9.59 Å². The van der Waals surface area contributed by atoms with Crippen molar-refractivity contribution < 1.29 is 9.59 Å². The van der Waals surface area contributed by atoms with E-state index in [2.05, 4.69) is 32.0 Å². The average Bonchev–Trinajstić information content (AvgIpc) is 2.56. The minimum atomic E-state index is 0.0266. The number of rotatable bonds is 4. The predicted octanol–water partition coefficient (Wildman–Crippen LogP) is 3.10. The number of fused-ring (bicyclic) bond motifs is 3. The van der Waals surface area contributed by atoms with Crippen LogP contribution in [0.25, 0.3) is 0 Å². The summed E-state index contributed by atoms with van der Waals surface area (Å²) < 4.78 is 0. The Bertz CT molecular complexity index is 599. The quantitative estimate of drug-likeness (QED) is 0.801. The van der Waals surface area contributed by atoms with Crippen LogP contribution in [0.5, 0.6) is 0 Å². The number of nitrogens with zero attached hydrogens (tertiary/aromatic N) is 2. The van der Waals surface area contributed by atoms with Crippen molar-refractivity contribution in [3.8, 4) is 0 Å². The monoisotopic (exact) mass is 314 g/mol. The number of carbonyl (C=O) groups is 2. The van der Waals surface area contributed by atoms with Crippen LogP contribution in [-0.2, 0) is 9.59 Å². The fourth-order valence-corrected chi connectivity index (χ4v) is 3.83. The molecule has 4 heteroatoms. The van der Waals surface area contributed by atoms with E-state index < -0.39 is 0 Å². The Balaban J connectivity index is 1.79. The first kappa shape index (κ1) is 16.0. The summed E-state index contributed by atoms with van der Waals surface area (Å²) in [7, 11) is 0. The first-order valence-electron chi connectivity index (χ1n) is 8.78. The molecule has 3 rings (SSSR count). The average molecular weight is 314 g/mol. The van der Waals surface area contributed by atoms with Gasteiger partial charge in [-0.1, -0.05) is 51.0 Å². The SMILES string of the molecule is CCCCCC(=O)N1CC(=O)N2CC(C)c3ccccc3C2C1. The first-order valence-corrected chi connectivity index (χ1v) is 8.78. The van der Waals surface area contributed by atoms with E-state index in [-0.39, 0.29) is 24.4 Å². The highest BCUT2D eigenvalue weighted by Gasteiger charge is 2.40. The van der Waals surface area contributed by atoms with Gasteiger partial charge in [-0.15, -0.1) is 0 Å². The van der Waals surface area contributed by atoms with Crippen LogP contribution in [-0.4, -0.2) is 41.2 Å². The molecule has 23 heavy (non-hydrogen) atoms. The summed E-state index contributed by atoms with van der Waals surface area (Å²) >= 11 is 0. The van der Waals surface area contributed by atoms with Crippen LogP contribution in [0.1, 0.15) is 62.6 Å². The molecule has 0 aromatic heterocycles. The van der Waals surface area contributed by atoms with Gasteiger partial charge < -0.3 is 9.80 Å². The molecule has 4 nitrogen and oxygen atoms in total. The zero-order chi connectivity index (χ0) is 16.4. The summed E-state index contributed by atoms with van der Waals surface area (Å²) in [6, 6.07) is 8.38. The van der Waals surface area contributed by atoms with E-state index in [1.807, 2.05) is 11.0 Å². The van der Waals surface area contributed by atoms with Crippen molar-refractivity contribution in [3.63, 3.8) is 0 Å². The zero-order valence-electron chi connectivity index (χ0n) is 14.1. The lowest BCUT2D eigenvalue weighted by Crippen LogP contribution is -2.56. The van der Waals surface area contributed by atoms with E-state index in [4.69, 9.17) is 0 Å². The minimum Gasteiger partial charge on any atom is -0.332 e. The number of hydrogen-bond donors (Lipinski definition) is 0. The molecule has 124 valence electrons. The molecule has 2 amide bonds. The summed E-state index contributed by atoms with van der Waals surface area (Å²) in [5.74, 6) is 0.576. The lowest BCUT2D eigenvalue weighted by Gasteiger charge is -2.46. The van der Waals surface area contributed by atoms with E-state index in [0.29, 0.717) is 18.9 Å². The lowest BCUT2D eigenvalue weighted by atomic mass is 9.85. The van der Waals surface area contributed by atoms with Crippen LogP contribution >= 0.6 is 0 Å². The minimum absolute atomic E-state index is 0.0266. The summed E-state index contributed by atoms with van der Waals surface area (Å²) in [4.78, 5) is 28.7. The number of carbonyl (C=O) groups excluding carboxylic acids is 2. The van der Waals surface area contributed by atoms with Crippen LogP contribution in [0.2, 0.25) is 0 Å². The number of hydrogen-bond acceptors (Lipinski definition) is 2. The molecule has 1 aromatic rings. The molecule has 2 atom stereocenters. The maximum absolute atomic E-state index is 12.6. The van der Waals surface area contributed by atoms with Gasteiger partial charge in [0.1, 0.15) is 0 Å². The molecule has 1 aromatic carbocycles. The number of unbranched alkanes of at least 4 members (excludes halogenated alkanes) is 2. The van der Waals surface area contributed by atoms with Gasteiger partial charge in [0.05, 0.1) is 12.6 Å². The van der Waals surface area contributed by atoms with Crippen molar-refractivity contribution in [1.82, 2.24) is 9.80 Å². The van der Waals surface area contributed by atoms with Gasteiger partial charge in [0.25, 0.3) is 0 Å². The van der Waals surface area contributed by atoms with Crippen LogP contribution in [0, 0.1) is 0 Å². The van der Waals surface area contributed by atoms with Gasteiger partial charge in [-0.3, -0.25) is 9.59 Å². The van der Waals surface area contributed by atoms with Crippen molar-refractivity contribution in [2.24, 2.45) is 0 Å². The Morgan fingerprint density at radius 2 is 1.91 bits per heavy atom. The smallest absolute Gasteiger partial charge is 0.242 e. The van der Waals surface area contributed by atoms with Gasteiger partial charge in [-0.25, -0.2) is 0 Å². The van der Waals surface area contributed by atoms with Crippen molar-refractivity contribution in [2.75, 3.05) is 19.6 Å². The van der Waals surface area contributed by atoms with E-state index in [0.717, 1.165) is 25.8 Å². The zero-order valence-corrected chi connectivity index (χ0v) is 14.1. The molecule has 2 aliphatic heterocycles. The molecule has 0 N–H and O–H groups in total. The van der Waals surface area contributed by atoms with Crippen molar-refractivity contribution >= 4 is 11.8 Å². The maximum atomic E-state index is 12.6. The molecule has 1 fully saturated rings. The molecule has 0 saturated carbocycles. The Morgan fingerprint density at radius 1 is 1.17 bits per heavy atom. The number of benzene rings is 1.